The molecule has 0 saturated heterocycles. The third kappa shape index (κ3) is 3.73. The molecule has 3 aromatic rings. The summed E-state index contributed by atoms with van der Waals surface area (Å²) in [4.78, 5) is 29.7. The van der Waals surface area contributed by atoms with Gasteiger partial charge in [-0.25, -0.2) is 9.78 Å². The molecule has 2 aromatic heterocycles. The Morgan fingerprint density at radius 1 is 1.25 bits per heavy atom. The average Bonchev–Trinajstić information content (AvgIpc) is 3.08. The molecule has 2 heterocycles. The van der Waals surface area contributed by atoms with Crippen LogP contribution in [0.5, 0.6) is 0 Å². The number of nitrogens with one attached hydrogen (secondary N) is 1. The second-order valence-electron chi connectivity index (χ2n) is 7.39. The monoisotopic (exact) mass is 399 g/mol. The highest BCUT2D eigenvalue weighted by molar-refractivity contribution is 7.14. The van der Waals surface area contributed by atoms with Crippen LogP contribution in [0.1, 0.15) is 25.0 Å². The normalized spacial score (nSPS) is 11.2. The summed E-state index contributed by atoms with van der Waals surface area (Å²) in [5.41, 5.74) is 9.31. The van der Waals surface area contributed by atoms with Crippen LogP contribution >= 0.6 is 11.3 Å². The van der Waals surface area contributed by atoms with Crippen LogP contribution in [-0.2, 0) is 13.6 Å². The van der Waals surface area contributed by atoms with E-state index in [9.17, 15) is 9.59 Å². The lowest BCUT2D eigenvalue weighted by Gasteiger charge is -2.15. The largest absolute Gasteiger partial charge is 0.384 e. The van der Waals surface area contributed by atoms with Crippen molar-refractivity contribution in [3.05, 3.63) is 55.5 Å². The van der Waals surface area contributed by atoms with E-state index < -0.39 is 11.2 Å². The highest BCUT2D eigenvalue weighted by Gasteiger charge is 2.20. The third-order valence-electron chi connectivity index (χ3n) is 4.53. The SMILES string of the molecule is Cc1ccc(C)c(Nc2nc(-c3c(N)n(CC(C)C)c(=O)n(C)c3=O)cs2)c1. The van der Waals surface area contributed by atoms with E-state index in [1.807, 2.05) is 39.8 Å². The molecular weight excluding hydrogens is 374 g/mol. The molecular formula is C20H25N5O2S. The predicted molar refractivity (Wildman–Crippen MR) is 116 cm³/mol. The molecule has 7 nitrogen and oxygen atoms in total. The first-order chi connectivity index (χ1) is 13.2. The topological polar surface area (TPSA) is 94.9 Å². The van der Waals surface area contributed by atoms with Gasteiger partial charge in [-0.2, -0.15) is 0 Å². The Balaban J connectivity index is 2.06. The van der Waals surface area contributed by atoms with E-state index in [1.54, 1.807) is 5.38 Å². The first-order valence-corrected chi connectivity index (χ1v) is 9.96. The number of hydrogen-bond acceptors (Lipinski definition) is 6. The number of anilines is 3. The number of nitrogen functional groups attached to an aromatic ring is 1. The number of aromatic nitrogens is 3. The van der Waals surface area contributed by atoms with Gasteiger partial charge >= 0.3 is 5.69 Å². The fourth-order valence-electron chi connectivity index (χ4n) is 3.00. The van der Waals surface area contributed by atoms with E-state index in [0.29, 0.717) is 17.4 Å². The molecule has 28 heavy (non-hydrogen) atoms. The maximum atomic E-state index is 12.7. The maximum Gasteiger partial charge on any atom is 0.332 e. The zero-order valence-corrected chi connectivity index (χ0v) is 17.6. The average molecular weight is 400 g/mol. The molecule has 8 heteroatoms. The van der Waals surface area contributed by atoms with Gasteiger partial charge in [0.05, 0.1) is 5.69 Å². The molecule has 148 valence electrons. The van der Waals surface area contributed by atoms with Gasteiger partial charge in [0.2, 0.25) is 0 Å². The Hall–Kier alpha value is -2.87. The van der Waals surface area contributed by atoms with Crippen LogP contribution in [0.4, 0.5) is 16.6 Å². The van der Waals surface area contributed by atoms with Crippen molar-refractivity contribution in [1.82, 2.24) is 14.1 Å². The molecule has 0 bridgehead atoms. The van der Waals surface area contributed by atoms with Gasteiger partial charge in [0.15, 0.2) is 5.13 Å². The Morgan fingerprint density at radius 3 is 2.64 bits per heavy atom. The number of thiazole rings is 1. The van der Waals surface area contributed by atoms with Crippen LogP contribution in [0.2, 0.25) is 0 Å². The molecule has 1 aromatic carbocycles. The molecule has 0 saturated carbocycles. The summed E-state index contributed by atoms with van der Waals surface area (Å²) in [7, 11) is 1.46. The van der Waals surface area contributed by atoms with Crippen LogP contribution in [0.3, 0.4) is 0 Å². The molecule has 0 aliphatic heterocycles. The molecule has 0 spiro atoms. The van der Waals surface area contributed by atoms with Crippen molar-refractivity contribution in [2.75, 3.05) is 11.1 Å². The Labute approximate surface area is 167 Å². The van der Waals surface area contributed by atoms with Crippen LogP contribution in [-0.4, -0.2) is 14.1 Å². The van der Waals surface area contributed by atoms with Gasteiger partial charge in [0, 0.05) is 24.7 Å². The Bertz CT molecular complexity index is 1140. The van der Waals surface area contributed by atoms with Gasteiger partial charge in [-0.05, 0) is 37.0 Å². The summed E-state index contributed by atoms with van der Waals surface area (Å²) >= 11 is 1.39. The molecule has 3 rings (SSSR count). The second-order valence-corrected chi connectivity index (χ2v) is 8.25. The van der Waals surface area contributed by atoms with Crippen LogP contribution in [0.25, 0.3) is 11.3 Å². The summed E-state index contributed by atoms with van der Waals surface area (Å²) in [5.74, 6) is 0.368. The summed E-state index contributed by atoms with van der Waals surface area (Å²) in [5, 5.41) is 5.75. The number of rotatable bonds is 5. The van der Waals surface area contributed by atoms with E-state index in [4.69, 9.17) is 5.73 Å². The summed E-state index contributed by atoms with van der Waals surface area (Å²) in [6, 6.07) is 6.14. The minimum atomic E-state index is -0.439. The quantitative estimate of drug-likeness (QED) is 0.687. The lowest BCUT2D eigenvalue weighted by molar-refractivity contribution is 0.494. The number of aryl methyl sites for hydroxylation is 2. The van der Waals surface area contributed by atoms with E-state index in [2.05, 4.69) is 16.4 Å². The number of hydrogen-bond donors (Lipinski definition) is 2. The maximum absolute atomic E-state index is 12.7. The second kappa shape index (κ2) is 7.63. The van der Waals surface area contributed by atoms with Crippen LogP contribution in [0.15, 0.2) is 33.2 Å². The van der Waals surface area contributed by atoms with Gasteiger partial charge in [0.1, 0.15) is 11.4 Å². The van der Waals surface area contributed by atoms with E-state index in [-0.39, 0.29) is 17.3 Å². The fraction of sp³-hybridized carbons (Fsp3) is 0.350. The van der Waals surface area contributed by atoms with Gasteiger partial charge < -0.3 is 11.1 Å². The summed E-state index contributed by atoms with van der Waals surface area (Å²) in [6.45, 7) is 8.47. The number of benzene rings is 1. The fourth-order valence-corrected chi connectivity index (χ4v) is 3.71. The molecule has 0 fully saturated rings. The molecule has 3 N–H and O–H groups in total. The molecule has 0 unspecified atom stereocenters. The minimum absolute atomic E-state index is 0.158. The van der Waals surface area contributed by atoms with Crippen molar-refractivity contribution in [3.8, 4) is 11.3 Å². The summed E-state index contributed by atoms with van der Waals surface area (Å²) < 4.78 is 2.53. The van der Waals surface area contributed by atoms with E-state index in [0.717, 1.165) is 21.4 Å². The van der Waals surface area contributed by atoms with Crippen LogP contribution < -0.4 is 22.3 Å². The minimum Gasteiger partial charge on any atom is -0.384 e. The number of nitrogens with two attached hydrogens (primary N) is 1. The lowest BCUT2D eigenvalue weighted by Crippen LogP contribution is -2.41. The predicted octanol–water partition coefficient (Wildman–Crippen LogP) is 3.27. The molecule has 0 aliphatic carbocycles. The van der Waals surface area contributed by atoms with E-state index >= 15 is 0 Å². The van der Waals surface area contributed by atoms with Crippen molar-refractivity contribution < 1.29 is 0 Å². The lowest BCUT2D eigenvalue weighted by atomic mass is 10.1. The Morgan fingerprint density at radius 2 is 1.96 bits per heavy atom. The third-order valence-corrected chi connectivity index (χ3v) is 5.28. The standard InChI is InChI=1S/C20H25N5O2S/c1-11(2)9-25-17(21)16(18(26)24(5)20(25)27)15-10-28-19(23-15)22-14-8-12(3)6-7-13(14)4/h6-8,10-11H,9,21H2,1-5H3,(H,22,23). The highest BCUT2D eigenvalue weighted by atomic mass is 32.1. The van der Waals surface area contributed by atoms with Crippen molar-refractivity contribution in [3.63, 3.8) is 0 Å². The first-order valence-electron chi connectivity index (χ1n) is 9.08. The van der Waals surface area contributed by atoms with Crippen molar-refractivity contribution >= 4 is 28.0 Å². The van der Waals surface area contributed by atoms with Crippen molar-refractivity contribution in [2.24, 2.45) is 13.0 Å². The highest BCUT2D eigenvalue weighted by Crippen LogP contribution is 2.29. The molecule has 0 amide bonds. The van der Waals surface area contributed by atoms with Gasteiger partial charge in [0.25, 0.3) is 5.56 Å². The smallest absolute Gasteiger partial charge is 0.332 e. The molecule has 0 aliphatic rings. The zero-order chi connectivity index (χ0) is 20.6. The van der Waals surface area contributed by atoms with Gasteiger partial charge in [-0.1, -0.05) is 26.0 Å². The van der Waals surface area contributed by atoms with Crippen LogP contribution in [0, 0.1) is 19.8 Å². The zero-order valence-electron chi connectivity index (χ0n) is 16.7. The van der Waals surface area contributed by atoms with Gasteiger partial charge in [-0.3, -0.25) is 13.9 Å². The first kappa shape index (κ1) is 19.9. The van der Waals surface area contributed by atoms with Crippen molar-refractivity contribution in [1.29, 1.82) is 0 Å². The van der Waals surface area contributed by atoms with Gasteiger partial charge in [-0.15, -0.1) is 11.3 Å². The van der Waals surface area contributed by atoms with E-state index in [1.165, 1.54) is 23.0 Å². The molecule has 0 radical (unpaired) electrons. The Kier molecular flexibility index (Phi) is 5.42. The summed E-state index contributed by atoms with van der Waals surface area (Å²) in [6.07, 6.45) is 0. The van der Waals surface area contributed by atoms with Crippen molar-refractivity contribution in [2.45, 2.75) is 34.2 Å². The number of nitrogens with zero attached hydrogens (tertiary/aromatic N) is 3. The molecule has 0 atom stereocenters.